The molecule has 0 rings (SSSR count). The van der Waals surface area contributed by atoms with Crippen molar-refractivity contribution in [2.45, 2.75) is 32.7 Å². The average Bonchev–Trinajstić information content (AvgIpc) is 2.77. The van der Waals surface area contributed by atoms with Crippen molar-refractivity contribution in [3.63, 3.8) is 0 Å². The lowest BCUT2D eigenvalue weighted by atomic mass is 10.3. The van der Waals surface area contributed by atoms with Crippen LogP contribution in [0.5, 0.6) is 0 Å². The van der Waals surface area contributed by atoms with Gasteiger partial charge in [-0.05, 0) is 19.4 Å². The van der Waals surface area contributed by atoms with Crippen molar-refractivity contribution >= 4 is 5.91 Å². The second kappa shape index (κ2) is 26.4. The van der Waals surface area contributed by atoms with Crippen LogP contribution in [0, 0.1) is 0 Å². The molecule has 0 aromatic heterocycles. The van der Waals surface area contributed by atoms with Gasteiger partial charge in [0, 0.05) is 35.8 Å². The van der Waals surface area contributed by atoms with Crippen LogP contribution < -0.4 is 10.6 Å². The monoisotopic (exact) mass is 470 g/mol. The van der Waals surface area contributed by atoms with Crippen molar-refractivity contribution in [1.82, 2.24) is 10.6 Å². The summed E-state index contributed by atoms with van der Waals surface area (Å²) in [6, 6.07) is 0.516. The van der Waals surface area contributed by atoms with Crippen molar-refractivity contribution < 1.29 is 40.8 Å². The maximum atomic E-state index is 11.6. The zero-order chi connectivity index (χ0) is 23.5. The van der Waals surface area contributed by atoms with E-state index in [1.165, 1.54) is 0 Å². The van der Waals surface area contributed by atoms with Crippen LogP contribution in [-0.2, 0) is 38.0 Å². The van der Waals surface area contributed by atoms with Crippen molar-refractivity contribution in [3.8, 4) is 0 Å². The summed E-state index contributed by atoms with van der Waals surface area (Å²) in [6.07, 6.45) is 1.75. The van der Waals surface area contributed by atoms with E-state index in [0.29, 0.717) is 85.3 Å². The molecule has 0 aromatic rings. The Morgan fingerprint density at radius 2 is 1.09 bits per heavy atom. The molecule has 0 aromatic carbocycles. The largest absolute Gasteiger partial charge is 0.382 e. The first kappa shape index (κ1) is 31.1. The van der Waals surface area contributed by atoms with Gasteiger partial charge in [-0.15, -0.1) is 0 Å². The number of ether oxygens (including phenoxy) is 7. The Kier molecular flexibility index (Phi) is 25.7. The first-order valence-corrected chi connectivity index (χ1v) is 11.6. The number of rotatable bonds is 26. The van der Waals surface area contributed by atoms with Crippen LogP contribution in [0.25, 0.3) is 0 Å². The first-order valence-electron chi connectivity index (χ1n) is 11.6. The van der Waals surface area contributed by atoms with Crippen molar-refractivity contribution in [2.24, 2.45) is 0 Å². The van der Waals surface area contributed by atoms with Crippen LogP contribution in [0.15, 0.2) is 0 Å². The molecule has 0 atom stereocenters. The zero-order valence-electron chi connectivity index (χ0n) is 20.4. The highest BCUT2D eigenvalue weighted by molar-refractivity contribution is 5.77. The van der Waals surface area contributed by atoms with Gasteiger partial charge in [0.05, 0.1) is 66.1 Å². The number of hydrogen-bond donors (Lipinski definition) is 2. The molecule has 196 valence electrons. The van der Waals surface area contributed by atoms with Crippen LogP contribution in [0.3, 0.4) is 0 Å². The lowest BCUT2D eigenvalue weighted by Gasteiger charge is -2.09. The van der Waals surface area contributed by atoms with Gasteiger partial charge in [0.15, 0.2) is 0 Å². The van der Waals surface area contributed by atoms with E-state index in [0.717, 1.165) is 26.0 Å². The molecule has 10 heteroatoms. The molecule has 10 nitrogen and oxygen atoms in total. The molecule has 0 radical (unpaired) electrons. The van der Waals surface area contributed by atoms with E-state index in [2.05, 4.69) is 24.5 Å². The van der Waals surface area contributed by atoms with Gasteiger partial charge < -0.3 is 43.8 Å². The van der Waals surface area contributed by atoms with Gasteiger partial charge in [-0.25, -0.2) is 0 Å². The average molecular weight is 471 g/mol. The Balaban J connectivity index is -0.00000480. The second-order valence-electron chi connectivity index (χ2n) is 7.27. The highest BCUT2D eigenvalue weighted by atomic mass is 16.6. The minimum Gasteiger partial charge on any atom is -0.382 e. The van der Waals surface area contributed by atoms with Crippen LogP contribution in [-0.4, -0.2) is 118 Å². The molecule has 0 saturated carbocycles. The quantitative estimate of drug-likeness (QED) is 0.180. The zero-order valence-corrected chi connectivity index (χ0v) is 20.4. The van der Waals surface area contributed by atoms with Crippen LogP contribution in [0.1, 0.15) is 29.5 Å². The van der Waals surface area contributed by atoms with E-state index >= 15 is 0 Å². The number of hydrogen-bond acceptors (Lipinski definition) is 9. The van der Waals surface area contributed by atoms with E-state index in [9.17, 15) is 4.79 Å². The molecule has 32 heavy (non-hydrogen) atoms. The van der Waals surface area contributed by atoms with Crippen molar-refractivity contribution in [3.05, 3.63) is 0 Å². The van der Waals surface area contributed by atoms with E-state index in [4.69, 9.17) is 33.2 Å². The van der Waals surface area contributed by atoms with Gasteiger partial charge >= 0.3 is 0 Å². The third-order valence-corrected chi connectivity index (χ3v) is 3.96. The van der Waals surface area contributed by atoms with Crippen LogP contribution in [0.4, 0.5) is 0 Å². The summed E-state index contributed by atoms with van der Waals surface area (Å²) >= 11 is 0. The molecular weight excluding hydrogens is 420 g/mol. The topological polar surface area (TPSA) is 106 Å². The maximum Gasteiger partial charge on any atom is 0.246 e. The Labute approximate surface area is 196 Å². The smallest absolute Gasteiger partial charge is 0.246 e. The molecule has 1 amide bonds. The Bertz CT molecular complexity index is 400. The predicted molar refractivity (Wildman–Crippen MR) is 126 cm³/mol. The summed E-state index contributed by atoms with van der Waals surface area (Å²) < 4.78 is 37.1. The molecule has 0 saturated heterocycles. The third-order valence-electron chi connectivity index (χ3n) is 3.96. The van der Waals surface area contributed by atoms with Gasteiger partial charge in [0.1, 0.15) is 6.61 Å². The summed E-state index contributed by atoms with van der Waals surface area (Å²) in [5, 5.41) is 6.14. The summed E-state index contributed by atoms with van der Waals surface area (Å²) in [7, 11) is 1.63. The number of methoxy groups -OCH3 is 1. The lowest BCUT2D eigenvalue weighted by Crippen LogP contribution is -2.29. The minimum absolute atomic E-state index is 0. The lowest BCUT2D eigenvalue weighted by molar-refractivity contribution is -0.126. The molecule has 0 spiro atoms. The Hall–Kier alpha value is -0.850. The molecular formula is C22H50N2O8. The van der Waals surface area contributed by atoms with Crippen molar-refractivity contribution in [1.29, 1.82) is 0 Å². The standard InChI is InChI=1S/C22H46N2O8.2H2/c1-21(2)23-6-4-8-27-12-14-30-15-13-28-9-5-7-24-22(25)20-32-19-18-31-17-16-29-11-10-26-3;;/h21,23H,4-20H2,1-3H3,(H,24,25);2*1H. The Morgan fingerprint density at radius 1 is 0.656 bits per heavy atom. The summed E-state index contributed by atoms with van der Waals surface area (Å²) in [6.45, 7) is 12.3. The number of carbonyl (C=O) groups is 1. The molecule has 2 N–H and O–H groups in total. The van der Waals surface area contributed by atoms with Gasteiger partial charge in [0.25, 0.3) is 0 Å². The van der Waals surface area contributed by atoms with Gasteiger partial charge in [-0.3, -0.25) is 4.79 Å². The molecule has 0 unspecified atom stereocenters. The van der Waals surface area contributed by atoms with Gasteiger partial charge in [0.2, 0.25) is 5.91 Å². The molecule has 0 heterocycles. The fourth-order valence-corrected chi connectivity index (χ4v) is 2.31. The van der Waals surface area contributed by atoms with Crippen LogP contribution in [0.2, 0.25) is 0 Å². The van der Waals surface area contributed by atoms with Crippen molar-refractivity contribution in [2.75, 3.05) is 106 Å². The van der Waals surface area contributed by atoms with E-state index in [1.54, 1.807) is 7.11 Å². The third kappa shape index (κ3) is 27.2. The number of nitrogens with one attached hydrogen (secondary N) is 2. The fourth-order valence-electron chi connectivity index (χ4n) is 2.31. The summed E-state index contributed by atoms with van der Waals surface area (Å²) in [4.78, 5) is 11.6. The predicted octanol–water partition coefficient (Wildman–Crippen LogP) is 1.12. The Morgan fingerprint density at radius 3 is 1.59 bits per heavy atom. The molecule has 0 fully saturated rings. The highest BCUT2D eigenvalue weighted by Crippen LogP contribution is 1.87. The van der Waals surface area contributed by atoms with Gasteiger partial charge in [-0.2, -0.15) is 0 Å². The summed E-state index contributed by atoms with van der Waals surface area (Å²) in [5.41, 5.74) is 0. The normalized spacial score (nSPS) is 11.4. The first-order chi connectivity index (χ1) is 15.7. The van der Waals surface area contributed by atoms with E-state index in [-0.39, 0.29) is 15.4 Å². The van der Waals surface area contributed by atoms with Gasteiger partial charge in [-0.1, -0.05) is 13.8 Å². The molecule has 0 aliphatic carbocycles. The number of amides is 1. The fraction of sp³-hybridized carbons (Fsp3) is 0.955. The van der Waals surface area contributed by atoms with E-state index in [1.807, 2.05) is 0 Å². The molecule has 0 aliphatic rings. The minimum atomic E-state index is -0.142. The maximum absolute atomic E-state index is 11.6. The van der Waals surface area contributed by atoms with Crippen LogP contribution >= 0.6 is 0 Å². The molecule has 0 bridgehead atoms. The second-order valence-corrected chi connectivity index (χ2v) is 7.27. The SMILES string of the molecule is COCCOCCOCCOCC(=O)NCCCOCCOCCOCCCNC(C)C.[HH].[HH]. The van der Waals surface area contributed by atoms with E-state index < -0.39 is 0 Å². The summed E-state index contributed by atoms with van der Waals surface area (Å²) in [5.74, 6) is -0.142. The molecule has 0 aliphatic heterocycles. The highest BCUT2D eigenvalue weighted by Gasteiger charge is 2.01. The number of carbonyl (C=O) groups excluding carboxylic acids is 1.